The Morgan fingerprint density at radius 3 is 2.42 bits per heavy atom. The standard InChI is InChI=1S/C18H14ClN3O4/c1-26-18(25)11-6-8-12(9-7-11)20-15(23)10-22-17(24)14-5-3-2-4-13(14)16(19)21-22/h2-9H,10H2,1H3,(H,20,23). The molecule has 26 heavy (non-hydrogen) atoms. The monoisotopic (exact) mass is 371 g/mol. The first kappa shape index (κ1) is 17.6. The molecule has 3 aromatic rings. The molecule has 0 spiro atoms. The molecule has 1 heterocycles. The summed E-state index contributed by atoms with van der Waals surface area (Å²) in [5.74, 6) is -0.916. The number of hydrogen-bond donors (Lipinski definition) is 1. The third-order valence-corrected chi connectivity index (χ3v) is 3.98. The van der Waals surface area contributed by atoms with Crippen LogP contribution in [0.15, 0.2) is 53.3 Å². The highest BCUT2D eigenvalue weighted by molar-refractivity contribution is 6.34. The smallest absolute Gasteiger partial charge is 0.337 e. The molecule has 7 nitrogen and oxygen atoms in total. The lowest BCUT2D eigenvalue weighted by atomic mass is 10.2. The minimum Gasteiger partial charge on any atom is -0.465 e. The molecule has 0 fully saturated rings. The number of amides is 1. The summed E-state index contributed by atoms with van der Waals surface area (Å²) >= 11 is 6.09. The molecule has 0 bridgehead atoms. The maximum Gasteiger partial charge on any atom is 0.337 e. The van der Waals surface area contributed by atoms with Crippen LogP contribution in [-0.2, 0) is 16.1 Å². The van der Waals surface area contributed by atoms with Gasteiger partial charge < -0.3 is 10.1 Å². The summed E-state index contributed by atoms with van der Waals surface area (Å²) in [7, 11) is 1.29. The quantitative estimate of drug-likeness (QED) is 0.711. The second kappa shape index (κ2) is 7.37. The van der Waals surface area contributed by atoms with Gasteiger partial charge in [-0.15, -0.1) is 0 Å². The fraction of sp³-hybridized carbons (Fsp3) is 0.111. The van der Waals surface area contributed by atoms with Crippen LogP contribution >= 0.6 is 11.6 Å². The van der Waals surface area contributed by atoms with Crippen molar-refractivity contribution in [1.29, 1.82) is 0 Å². The molecule has 0 unspecified atom stereocenters. The molecule has 0 aliphatic carbocycles. The molecule has 0 aliphatic heterocycles. The van der Waals surface area contributed by atoms with Crippen molar-refractivity contribution in [3.8, 4) is 0 Å². The van der Waals surface area contributed by atoms with E-state index in [4.69, 9.17) is 11.6 Å². The molecule has 0 saturated carbocycles. The van der Waals surface area contributed by atoms with Gasteiger partial charge in [0.2, 0.25) is 5.91 Å². The molecule has 8 heteroatoms. The number of nitrogens with zero attached hydrogens (tertiary/aromatic N) is 2. The van der Waals surface area contributed by atoms with E-state index in [1.807, 2.05) is 0 Å². The lowest BCUT2D eigenvalue weighted by Gasteiger charge is -2.09. The van der Waals surface area contributed by atoms with E-state index in [0.29, 0.717) is 22.0 Å². The van der Waals surface area contributed by atoms with Gasteiger partial charge in [0, 0.05) is 11.1 Å². The first-order chi connectivity index (χ1) is 12.5. The Morgan fingerprint density at radius 1 is 1.12 bits per heavy atom. The number of aromatic nitrogens is 2. The Labute approximate surface area is 153 Å². The molecular formula is C18H14ClN3O4. The number of esters is 1. The van der Waals surface area contributed by atoms with Crippen LogP contribution in [0.2, 0.25) is 5.15 Å². The van der Waals surface area contributed by atoms with Gasteiger partial charge in [-0.1, -0.05) is 29.8 Å². The fourth-order valence-electron chi connectivity index (χ4n) is 2.44. The van der Waals surface area contributed by atoms with E-state index < -0.39 is 17.4 Å². The second-order valence-corrected chi connectivity index (χ2v) is 5.77. The van der Waals surface area contributed by atoms with Gasteiger partial charge in [0.05, 0.1) is 18.1 Å². The molecule has 0 radical (unpaired) electrons. The summed E-state index contributed by atoms with van der Waals surface area (Å²) in [6, 6.07) is 13.0. The fourth-order valence-corrected chi connectivity index (χ4v) is 2.70. The SMILES string of the molecule is COC(=O)c1ccc(NC(=O)Cn2nc(Cl)c3ccccc3c2=O)cc1. The number of benzene rings is 2. The molecule has 3 rings (SSSR count). The molecule has 1 aromatic heterocycles. The third kappa shape index (κ3) is 3.57. The van der Waals surface area contributed by atoms with Gasteiger partial charge in [0.25, 0.3) is 5.56 Å². The first-order valence-corrected chi connectivity index (χ1v) is 8.01. The molecule has 1 amide bonds. The summed E-state index contributed by atoms with van der Waals surface area (Å²) in [6.07, 6.45) is 0. The van der Waals surface area contributed by atoms with Gasteiger partial charge in [0.15, 0.2) is 5.15 Å². The highest BCUT2D eigenvalue weighted by atomic mass is 35.5. The number of anilines is 1. The minimum absolute atomic E-state index is 0.149. The van der Waals surface area contributed by atoms with Crippen molar-refractivity contribution in [3.05, 3.63) is 69.6 Å². The highest BCUT2D eigenvalue weighted by Crippen LogP contribution is 2.17. The van der Waals surface area contributed by atoms with Gasteiger partial charge in [-0.2, -0.15) is 5.10 Å². The van der Waals surface area contributed by atoms with Crippen molar-refractivity contribution in [1.82, 2.24) is 9.78 Å². The van der Waals surface area contributed by atoms with Gasteiger partial charge >= 0.3 is 5.97 Å². The number of carbonyl (C=O) groups is 2. The first-order valence-electron chi connectivity index (χ1n) is 7.63. The van der Waals surface area contributed by atoms with Gasteiger partial charge in [-0.3, -0.25) is 9.59 Å². The number of nitrogens with one attached hydrogen (secondary N) is 1. The van der Waals surface area contributed by atoms with E-state index in [-0.39, 0.29) is 11.7 Å². The van der Waals surface area contributed by atoms with Crippen LogP contribution in [0.3, 0.4) is 0 Å². The van der Waals surface area contributed by atoms with E-state index in [2.05, 4.69) is 15.2 Å². The van der Waals surface area contributed by atoms with Crippen molar-refractivity contribution in [3.63, 3.8) is 0 Å². The highest BCUT2D eigenvalue weighted by Gasteiger charge is 2.12. The minimum atomic E-state index is -0.468. The van der Waals surface area contributed by atoms with Crippen LogP contribution in [0.1, 0.15) is 10.4 Å². The Kier molecular flexibility index (Phi) is 4.99. The third-order valence-electron chi connectivity index (χ3n) is 3.71. The predicted octanol–water partition coefficient (Wildman–Crippen LogP) is 2.48. The number of carbonyl (C=O) groups excluding carboxylic acids is 2. The topological polar surface area (TPSA) is 90.3 Å². The summed E-state index contributed by atoms with van der Waals surface area (Å²) < 4.78 is 5.63. The molecule has 2 aromatic carbocycles. The second-order valence-electron chi connectivity index (χ2n) is 5.42. The average molecular weight is 372 g/mol. The maximum absolute atomic E-state index is 12.4. The molecule has 0 atom stereocenters. The van der Waals surface area contributed by atoms with Crippen molar-refractivity contribution in [2.24, 2.45) is 0 Å². The van der Waals surface area contributed by atoms with Gasteiger partial charge in [-0.05, 0) is 30.3 Å². The van der Waals surface area contributed by atoms with Crippen LogP contribution in [0.25, 0.3) is 10.8 Å². The van der Waals surface area contributed by atoms with Crippen molar-refractivity contribution in [2.45, 2.75) is 6.54 Å². The molecular weight excluding hydrogens is 358 g/mol. The molecule has 1 N–H and O–H groups in total. The number of hydrogen-bond acceptors (Lipinski definition) is 5. The predicted molar refractivity (Wildman–Crippen MR) is 97.4 cm³/mol. The van der Waals surface area contributed by atoms with E-state index >= 15 is 0 Å². The van der Waals surface area contributed by atoms with Gasteiger partial charge in [-0.25, -0.2) is 9.48 Å². The van der Waals surface area contributed by atoms with Crippen LogP contribution in [-0.4, -0.2) is 28.8 Å². The zero-order valence-corrected chi connectivity index (χ0v) is 14.5. The average Bonchev–Trinajstić information content (AvgIpc) is 2.66. The van der Waals surface area contributed by atoms with Crippen LogP contribution in [0.5, 0.6) is 0 Å². The lowest BCUT2D eigenvalue weighted by Crippen LogP contribution is -2.29. The normalized spacial score (nSPS) is 10.5. The van der Waals surface area contributed by atoms with Crippen LogP contribution < -0.4 is 10.9 Å². The Hall–Kier alpha value is -3.19. The Balaban J connectivity index is 1.78. The number of ether oxygens (including phenoxy) is 1. The van der Waals surface area contributed by atoms with E-state index in [9.17, 15) is 14.4 Å². The van der Waals surface area contributed by atoms with E-state index in [1.165, 1.54) is 19.2 Å². The van der Waals surface area contributed by atoms with E-state index in [1.54, 1.807) is 36.4 Å². The van der Waals surface area contributed by atoms with Gasteiger partial charge in [0.1, 0.15) is 6.54 Å². The van der Waals surface area contributed by atoms with Crippen molar-refractivity contribution < 1.29 is 14.3 Å². The summed E-state index contributed by atoms with van der Waals surface area (Å²) in [6.45, 7) is -0.290. The maximum atomic E-state index is 12.4. The summed E-state index contributed by atoms with van der Waals surface area (Å²) in [5.41, 5.74) is 0.438. The number of fused-ring (bicyclic) bond motifs is 1. The largest absolute Gasteiger partial charge is 0.465 e. The van der Waals surface area contributed by atoms with Crippen LogP contribution in [0.4, 0.5) is 5.69 Å². The Morgan fingerprint density at radius 2 is 1.77 bits per heavy atom. The zero-order valence-electron chi connectivity index (χ0n) is 13.7. The molecule has 132 valence electrons. The van der Waals surface area contributed by atoms with Crippen molar-refractivity contribution in [2.75, 3.05) is 12.4 Å². The zero-order chi connectivity index (χ0) is 18.7. The van der Waals surface area contributed by atoms with Crippen LogP contribution in [0, 0.1) is 0 Å². The van der Waals surface area contributed by atoms with Crippen molar-refractivity contribution >= 4 is 39.9 Å². The summed E-state index contributed by atoms with van der Waals surface area (Å²) in [4.78, 5) is 36.0. The number of methoxy groups -OCH3 is 1. The summed E-state index contributed by atoms with van der Waals surface area (Å²) in [5, 5.41) is 7.69. The molecule has 0 saturated heterocycles. The molecule has 0 aliphatic rings. The number of rotatable bonds is 4. The Bertz CT molecular complexity index is 1040. The number of halogens is 1. The van der Waals surface area contributed by atoms with E-state index in [0.717, 1.165) is 4.68 Å². The lowest BCUT2D eigenvalue weighted by molar-refractivity contribution is -0.117.